The maximum Gasteiger partial charge on any atom is 0.247 e. The highest BCUT2D eigenvalue weighted by molar-refractivity contribution is 7.99. The molecule has 0 fully saturated rings. The molecule has 0 saturated heterocycles. The second kappa shape index (κ2) is 7.55. The molecule has 8 heteroatoms. The average Bonchev–Trinajstić information content (AvgIpc) is 3.31. The van der Waals surface area contributed by atoms with Crippen molar-refractivity contribution in [2.45, 2.75) is 24.3 Å². The summed E-state index contributed by atoms with van der Waals surface area (Å²) < 4.78 is 21.7. The van der Waals surface area contributed by atoms with Gasteiger partial charge in [-0.2, -0.15) is 0 Å². The molecule has 0 saturated carbocycles. The molecule has 0 N–H and O–H groups in total. The van der Waals surface area contributed by atoms with Gasteiger partial charge in [0, 0.05) is 12.6 Å². The van der Waals surface area contributed by atoms with E-state index in [9.17, 15) is 4.39 Å². The molecule has 0 amide bonds. The fourth-order valence-corrected chi connectivity index (χ4v) is 3.56. The first-order chi connectivity index (χ1) is 13.5. The molecular weight excluding hydrogens is 377 g/mol. The highest BCUT2D eigenvalue weighted by Gasteiger charge is 2.21. The van der Waals surface area contributed by atoms with Crippen LogP contribution in [0.1, 0.15) is 23.6 Å². The Labute approximate surface area is 165 Å². The SMILES string of the molecule is Cc1ccc(-c2nnc([C@H](C)Sc3nnc(-c4ccccc4F)n3C)o2)cc1. The molecule has 0 unspecified atom stereocenters. The van der Waals surface area contributed by atoms with Crippen LogP contribution >= 0.6 is 11.8 Å². The molecular formula is C20H18FN5OS. The molecule has 2 heterocycles. The third-order valence-electron chi connectivity index (χ3n) is 4.32. The Hall–Kier alpha value is -3.00. The van der Waals surface area contributed by atoms with Gasteiger partial charge in [-0.1, -0.05) is 41.6 Å². The van der Waals surface area contributed by atoms with E-state index in [4.69, 9.17) is 4.42 Å². The first kappa shape index (κ1) is 18.4. The highest BCUT2D eigenvalue weighted by Crippen LogP contribution is 2.35. The number of rotatable bonds is 5. The van der Waals surface area contributed by atoms with Gasteiger partial charge in [0.1, 0.15) is 5.82 Å². The Morgan fingerprint density at radius 2 is 1.75 bits per heavy atom. The van der Waals surface area contributed by atoms with Crippen molar-refractivity contribution < 1.29 is 8.81 Å². The summed E-state index contributed by atoms with van der Waals surface area (Å²) in [5.41, 5.74) is 2.46. The van der Waals surface area contributed by atoms with Crippen LogP contribution in [0.3, 0.4) is 0 Å². The Kier molecular flexibility index (Phi) is 4.95. The van der Waals surface area contributed by atoms with Crippen LogP contribution in [0, 0.1) is 12.7 Å². The average molecular weight is 395 g/mol. The van der Waals surface area contributed by atoms with Crippen LogP contribution in [-0.4, -0.2) is 25.0 Å². The van der Waals surface area contributed by atoms with Crippen LogP contribution in [0.2, 0.25) is 0 Å². The maximum absolute atomic E-state index is 14.1. The predicted octanol–water partition coefficient (Wildman–Crippen LogP) is 4.83. The van der Waals surface area contributed by atoms with Gasteiger partial charge in [0.2, 0.25) is 11.8 Å². The quantitative estimate of drug-likeness (QED) is 0.451. The van der Waals surface area contributed by atoms with Gasteiger partial charge in [-0.05, 0) is 38.1 Å². The van der Waals surface area contributed by atoms with Crippen LogP contribution in [0.4, 0.5) is 4.39 Å². The molecule has 142 valence electrons. The molecule has 0 aliphatic rings. The van der Waals surface area contributed by atoms with Gasteiger partial charge >= 0.3 is 0 Å². The van der Waals surface area contributed by atoms with Gasteiger partial charge in [0.15, 0.2) is 11.0 Å². The number of aryl methyl sites for hydroxylation is 1. The fourth-order valence-electron chi connectivity index (χ4n) is 2.71. The standard InChI is InChI=1S/C20H18FN5OS/c1-12-8-10-14(11-9-12)19-24-23-18(27-19)13(2)28-20-25-22-17(26(20)3)15-6-4-5-7-16(15)21/h4-11,13H,1-3H3/t13-/m0/s1. The summed E-state index contributed by atoms with van der Waals surface area (Å²) in [6, 6.07) is 14.4. The molecule has 0 radical (unpaired) electrons. The van der Waals surface area contributed by atoms with Crippen LogP contribution in [0.25, 0.3) is 22.8 Å². The lowest BCUT2D eigenvalue weighted by Crippen LogP contribution is -1.98. The first-order valence-electron chi connectivity index (χ1n) is 8.74. The molecule has 0 spiro atoms. The number of halogens is 1. The number of benzene rings is 2. The van der Waals surface area contributed by atoms with Crippen LogP contribution in [0.15, 0.2) is 58.1 Å². The molecule has 1 atom stereocenters. The fraction of sp³-hybridized carbons (Fsp3) is 0.200. The molecule has 2 aromatic carbocycles. The summed E-state index contributed by atoms with van der Waals surface area (Å²) in [7, 11) is 1.81. The predicted molar refractivity (Wildman–Crippen MR) is 105 cm³/mol. The minimum Gasteiger partial charge on any atom is -0.419 e. The Morgan fingerprint density at radius 3 is 2.50 bits per heavy atom. The van der Waals surface area contributed by atoms with Crippen molar-refractivity contribution in [3.8, 4) is 22.8 Å². The van der Waals surface area contributed by atoms with Gasteiger partial charge < -0.3 is 8.98 Å². The second-order valence-corrected chi connectivity index (χ2v) is 7.72. The van der Waals surface area contributed by atoms with Crippen LogP contribution in [-0.2, 0) is 7.05 Å². The Bertz CT molecular complexity index is 1110. The minimum absolute atomic E-state index is 0.136. The third-order valence-corrected chi connectivity index (χ3v) is 5.44. The zero-order chi connectivity index (χ0) is 19.7. The summed E-state index contributed by atoms with van der Waals surface area (Å²) in [6.45, 7) is 3.98. The smallest absolute Gasteiger partial charge is 0.247 e. The molecule has 6 nitrogen and oxygen atoms in total. The van der Waals surface area contributed by atoms with E-state index in [0.29, 0.717) is 28.3 Å². The minimum atomic E-state index is -0.331. The summed E-state index contributed by atoms with van der Waals surface area (Å²) in [4.78, 5) is 0. The van der Waals surface area contributed by atoms with Crippen molar-refractivity contribution in [1.82, 2.24) is 25.0 Å². The molecule has 2 aromatic heterocycles. The van der Waals surface area contributed by atoms with E-state index in [1.807, 2.05) is 45.2 Å². The Balaban J connectivity index is 1.54. The van der Waals surface area contributed by atoms with Gasteiger partial charge in [-0.15, -0.1) is 20.4 Å². The topological polar surface area (TPSA) is 69.6 Å². The van der Waals surface area contributed by atoms with Crippen molar-refractivity contribution in [3.05, 3.63) is 65.8 Å². The lowest BCUT2D eigenvalue weighted by atomic mass is 10.1. The largest absolute Gasteiger partial charge is 0.419 e. The van der Waals surface area contributed by atoms with E-state index in [1.54, 1.807) is 22.8 Å². The van der Waals surface area contributed by atoms with Crippen molar-refractivity contribution in [1.29, 1.82) is 0 Å². The molecule has 4 aromatic rings. The van der Waals surface area contributed by atoms with Gasteiger partial charge in [-0.3, -0.25) is 0 Å². The lowest BCUT2D eigenvalue weighted by molar-refractivity contribution is 0.508. The van der Waals surface area contributed by atoms with Gasteiger partial charge in [-0.25, -0.2) is 4.39 Å². The third kappa shape index (κ3) is 3.55. The van der Waals surface area contributed by atoms with E-state index in [1.165, 1.54) is 23.4 Å². The zero-order valence-corrected chi connectivity index (χ0v) is 16.4. The number of aromatic nitrogens is 5. The van der Waals surface area contributed by atoms with E-state index < -0.39 is 0 Å². The number of nitrogens with zero attached hydrogens (tertiary/aromatic N) is 5. The number of hydrogen-bond donors (Lipinski definition) is 0. The normalized spacial score (nSPS) is 12.3. The van der Waals surface area contributed by atoms with Gasteiger partial charge in [0.25, 0.3) is 0 Å². The van der Waals surface area contributed by atoms with E-state index in [2.05, 4.69) is 20.4 Å². The summed E-state index contributed by atoms with van der Waals surface area (Å²) in [6.07, 6.45) is 0. The first-order valence-corrected chi connectivity index (χ1v) is 9.62. The molecule has 0 aliphatic carbocycles. The van der Waals surface area contributed by atoms with E-state index in [-0.39, 0.29) is 11.1 Å². The zero-order valence-electron chi connectivity index (χ0n) is 15.6. The van der Waals surface area contributed by atoms with Crippen molar-refractivity contribution in [3.63, 3.8) is 0 Å². The molecule has 0 bridgehead atoms. The molecule has 0 aliphatic heterocycles. The maximum atomic E-state index is 14.1. The van der Waals surface area contributed by atoms with Crippen molar-refractivity contribution in [2.75, 3.05) is 0 Å². The van der Waals surface area contributed by atoms with Crippen molar-refractivity contribution >= 4 is 11.8 Å². The van der Waals surface area contributed by atoms with E-state index >= 15 is 0 Å². The van der Waals surface area contributed by atoms with Gasteiger partial charge in [0.05, 0.1) is 10.8 Å². The monoisotopic (exact) mass is 395 g/mol. The van der Waals surface area contributed by atoms with E-state index in [0.717, 1.165) is 5.56 Å². The number of hydrogen-bond acceptors (Lipinski definition) is 6. The highest BCUT2D eigenvalue weighted by atomic mass is 32.2. The van der Waals surface area contributed by atoms with Crippen molar-refractivity contribution in [2.24, 2.45) is 7.05 Å². The molecule has 4 rings (SSSR count). The lowest BCUT2D eigenvalue weighted by Gasteiger charge is -2.07. The number of thioether (sulfide) groups is 1. The summed E-state index contributed by atoms with van der Waals surface area (Å²) in [5, 5.41) is 17.1. The van der Waals surface area contributed by atoms with Crippen LogP contribution in [0.5, 0.6) is 0 Å². The van der Waals surface area contributed by atoms with Crippen LogP contribution < -0.4 is 0 Å². The molecule has 28 heavy (non-hydrogen) atoms. The second-order valence-electron chi connectivity index (χ2n) is 6.42. The summed E-state index contributed by atoms with van der Waals surface area (Å²) in [5.74, 6) is 1.12. The Morgan fingerprint density at radius 1 is 1.00 bits per heavy atom. The summed E-state index contributed by atoms with van der Waals surface area (Å²) >= 11 is 1.43.